The molecule has 0 aliphatic rings. The number of anilines is 1. The molecule has 5 heterocycles. The topological polar surface area (TPSA) is 183 Å². The van der Waals surface area contributed by atoms with E-state index >= 15 is 0 Å². The minimum Gasteiger partial charge on any atom is -0.448 e. The van der Waals surface area contributed by atoms with Crippen LogP contribution in [0.3, 0.4) is 0 Å². The largest absolute Gasteiger partial charge is 0.448 e. The number of amides is 3. The highest BCUT2D eigenvalue weighted by Crippen LogP contribution is 2.11. The minimum absolute atomic E-state index is 0.115. The molecule has 15 heteroatoms. The second-order valence-electron chi connectivity index (χ2n) is 15.1. The first-order valence-corrected chi connectivity index (χ1v) is 21.9. The van der Waals surface area contributed by atoms with Crippen molar-refractivity contribution in [3.8, 4) is 0 Å². The number of aromatic nitrogens is 6. The van der Waals surface area contributed by atoms with Gasteiger partial charge in [0.1, 0.15) is 6.61 Å². The van der Waals surface area contributed by atoms with Crippen LogP contribution in [0.5, 0.6) is 0 Å². The molecule has 0 unspecified atom stereocenters. The van der Waals surface area contributed by atoms with E-state index in [4.69, 9.17) is 4.74 Å². The van der Waals surface area contributed by atoms with Crippen molar-refractivity contribution in [3.63, 3.8) is 0 Å². The molecule has 0 bridgehead atoms. The highest BCUT2D eigenvalue weighted by Gasteiger charge is 2.12. The number of hydrogen-bond donors (Lipinski definition) is 4. The summed E-state index contributed by atoms with van der Waals surface area (Å²) in [6.45, 7) is 9.91. The zero-order chi connectivity index (χ0) is 43.9. The predicted octanol–water partition coefficient (Wildman–Crippen LogP) is 7.82. The van der Waals surface area contributed by atoms with Gasteiger partial charge in [0, 0.05) is 82.4 Å². The van der Waals surface area contributed by atoms with E-state index in [1.165, 1.54) is 44.6 Å². The predicted molar refractivity (Wildman–Crippen MR) is 243 cm³/mol. The number of nitrogens with one attached hydrogen (secondary N) is 4. The van der Waals surface area contributed by atoms with Gasteiger partial charge in [0.2, 0.25) is 5.95 Å². The summed E-state index contributed by atoms with van der Waals surface area (Å²) in [6, 6.07) is 24.8. The van der Waals surface area contributed by atoms with Crippen LogP contribution in [0, 0.1) is 6.92 Å². The fraction of sp³-hybridized carbons (Fsp3) is 0.447. The van der Waals surface area contributed by atoms with Crippen molar-refractivity contribution in [1.82, 2.24) is 50.3 Å². The van der Waals surface area contributed by atoms with Crippen LogP contribution in [-0.4, -0.2) is 84.6 Å². The van der Waals surface area contributed by atoms with Crippen LogP contribution < -0.4 is 21.5 Å². The van der Waals surface area contributed by atoms with Gasteiger partial charge in [-0.15, -0.1) is 0 Å². The lowest BCUT2D eigenvalue weighted by Gasteiger charge is -2.21. The van der Waals surface area contributed by atoms with Crippen LogP contribution in [0.4, 0.5) is 15.5 Å². The van der Waals surface area contributed by atoms with Crippen LogP contribution in [-0.2, 0) is 30.9 Å². The van der Waals surface area contributed by atoms with E-state index in [0.29, 0.717) is 38.4 Å². The van der Waals surface area contributed by atoms with Crippen molar-refractivity contribution in [2.24, 2.45) is 0 Å². The number of pyridine rings is 4. The number of rotatable bonds is 26. The Labute approximate surface area is 366 Å². The summed E-state index contributed by atoms with van der Waals surface area (Å²) in [6.07, 6.45) is 18.2. The van der Waals surface area contributed by atoms with E-state index < -0.39 is 12.1 Å². The standard InChI is InChI=1S/C27H36N8O4.C20H29N3/c1-21-18-24(36)33-25(32-21)34-26(37)30-14-6-2-3-7-15-31-27(38)39-17-16-35(19-22-10-4-8-12-28-22)20-23-11-5-9-13-29-23;1-2-3-4-5-6-11-16-23(17-19-12-7-9-14-21-19)18-20-13-8-10-15-22-20/h4-5,8-13,18H,2-3,6-7,14-17,19-20H2,1H3,(H,31,38)(H3,30,32,33,34,36,37);7-10,12-15H,2-6,11,16-18H2,1H3. The Balaban J connectivity index is 0.000000312. The maximum atomic E-state index is 12.1. The third-order valence-corrected chi connectivity index (χ3v) is 9.68. The Bertz CT molecular complexity index is 1910. The maximum Gasteiger partial charge on any atom is 0.407 e. The molecule has 0 radical (unpaired) electrons. The number of hydrogen-bond acceptors (Lipinski definition) is 11. The Hall–Kier alpha value is -6.06. The molecule has 0 spiro atoms. The fourth-order valence-electron chi connectivity index (χ4n) is 6.53. The van der Waals surface area contributed by atoms with Crippen LogP contribution in [0.2, 0.25) is 0 Å². The number of alkyl carbamates (subject to hydrolysis) is 1. The van der Waals surface area contributed by atoms with Crippen molar-refractivity contribution >= 4 is 18.1 Å². The molecule has 4 N–H and O–H groups in total. The van der Waals surface area contributed by atoms with Gasteiger partial charge in [0.25, 0.3) is 5.56 Å². The zero-order valence-corrected chi connectivity index (χ0v) is 36.5. The van der Waals surface area contributed by atoms with Crippen molar-refractivity contribution in [3.05, 3.63) is 142 Å². The monoisotopic (exact) mass is 848 g/mol. The number of carbonyl (C=O) groups is 2. The van der Waals surface area contributed by atoms with Gasteiger partial charge in [-0.2, -0.15) is 0 Å². The summed E-state index contributed by atoms with van der Waals surface area (Å²) in [5, 5.41) is 8.02. The van der Waals surface area contributed by atoms with Crippen molar-refractivity contribution in [1.29, 1.82) is 0 Å². The fourth-order valence-corrected chi connectivity index (χ4v) is 6.53. The Morgan fingerprint density at radius 2 is 1.08 bits per heavy atom. The summed E-state index contributed by atoms with van der Waals surface area (Å²) >= 11 is 0. The first kappa shape index (κ1) is 48.6. The van der Waals surface area contributed by atoms with Gasteiger partial charge in [0.05, 0.1) is 22.8 Å². The molecule has 332 valence electrons. The Morgan fingerprint density at radius 1 is 0.613 bits per heavy atom. The molecule has 0 atom stereocenters. The highest BCUT2D eigenvalue weighted by atomic mass is 16.5. The SMILES string of the molecule is CCCCCCCCN(Cc1ccccn1)Cc1ccccn1.Cc1cc(=O)[nH]c(NC(=O)NCCCCCCNC(=O)OCCN(Cc2ccccn2)Cc2ccccn2)n1. The number of carbonyl (C=O) groups excluding carboxylic acids is 2. The molecule has 5 aromatic heterocycles. The molecule has 0 aromatic carbocycles. The Kier molecular flexibility index (Phi) is 23.6. The number of nitrogens with zero attached hydrogens (tertiary/aromatic N) is 7. The summed E-state index contributed by atoms with van der Waals surface area (Å²) in [7, 11) is 0. The molecule has 5 rings (SSSR count). The molecule has 3 amide bonds. The second-order valence-corrected chi connectivity index (χ2v) is 15.1. The van der Waals surface area contributed by atoms with Gasteiger partial charge in [-0.1, -0.05) is 76.1 Å². The summed E-state index contributed by atoms with van der Waals surface area (Å²) in [5.41, 5.74) is 4.35. The second kappa shape index (κ2) is 30.0. The van der Waals surface area contributed by atoms with E-state index in [-0.39, 0.29) is 18.1 Å². The first-order valence-electron chi connectivity index (χ1n) is 21.9. The number of aryl methyl sites for hydroxylation is 1. The zero-order valence-electron chi connectivity index (χ0n) is 36.5. The number of H-pyrrole nitrogens is 1. The average Bonchev–Trinajstić information content (AvgIpc) is 3.27. The molecular weight excluding hydrogens is 783 g/mol. The normalized spacial score (nSPS) is 10.8. The van der Waals surface area contributed by atoms with E-state index in [1.54, 1.807) is 19.3 Å². The van der Waals surface area contributed by atoms with E-state index in [9.17, 15) is 14.4 Å². The third-order valence-electron chi connectivity index (χ3n) is 9.68. The lowest BCUT2D eigenvalue weighted by atomic mass is 10.1. The number of aromatic amines is 1. The van der Waals surface area contributed by atoms with E-state index in [2.05, 4.69) is 86.8 Å². The number of unbranched alkanes of at least 4 members (excludes halogenated alkanes) is 8. The minimum atomic E-state index is -0.438. The molecule has 0 saturated carbocycles. The maximum absolute atomic E-state index is 12.1. The lowest BCUT2D eigenvalue weighted by Crippen LogP contribution is -2.31. The quantitative estimate of drug-likeness (QED) is 0.0398. The molecule has 15 nitrogen and oxygen atoms in total. The number of urea groups is 1. The third kappa shape index (κ3) is 22.0. The molecule has 62 heavy (non-hydrogen) atoms. The summed E-state index contributed by atoms with van der Waals surface area (Å²) in [4.78, 5) is 64.2. The van der Waals surface area contributed by atoms with Gasteiger partial charge in [-0.25, -0.2) is 14.6 Å². The van der Waals surface area contributed by atoms with Crippen molar-refractivity contribution < 1.29 is 14.3 Å². The highest BCUT2D eigenvalue weighted by molar-refractivity contribution is 5.87. The van der Waals surface area contributed by atoms with E-state index in [1.807, 2.05) is 60.9 Å². The van der Waals surface area contributed by atoms with Gasteiger partial charge in [-0.05, 0) is 81.3 Å². The average molecular weight is 848 g/mol. The van der Waals surface area contributed by atoms with E-state index in [0.717, 1.165) is 68.1 Å². The molecule has 0 fully saturated rings. The van der Waals surface area contributed by atoms with Crippen molar-refractivity contribution in [2.75, 3.05) is 38.1 Å². The molecular formula is C47H65N11O4. The molecule has 5 aromatic rings. The lowest BCUT2D eigenvalue weighted by molar-refractivity contribution is 0.122. The van der Waals surface area contributed by atoms with Crippen LogP contribution in [0.15, 0.2) is 108 Å². The van der Waals surface area contributed by atoms with Crippen molar-refractivity contribution in [2.45, 2.75) is 104 Å². The Morgan fingerprint density at radius 3 is 1.56 bits per heavy atom. The van der Waals surface area contributed by atoms with Gasteiger partial charge in [0.15, 0.2) is 0 Å². The molecule has 0 saturated heterocycles. The van der Waals surface area contributed by atoms with Crippen LogP contribution in [0.25, 0.3) is 0 Å². The summed E-state index contributed by atoms with van der Waals surface area (Å²) < 4.78 is 5.37. The molecule has 0 aliphatic heterocycles. The van der Waals surface area contributed by atoms with Gasteiger partial charge < -0.3 is 15.4 Å². The smallest absolute Gasteiger partial charge is 0.407 e. The van der Waals surface area contributed by atoms with Crippen LogP contribution in [0.1, 0.15) is 99.6 Å². The van der Waals surface area contributed by atoms with Crippen LogP contribution >= 0.6 is 0 Å². The number of ether oxygens (including phenoxy) is 1. The van der Waals surface area contributed by atoms with Gasteiger partial charge >= 0.3 is 12.1 Å². The van der Waals surface area contributed by atoms with Gasteiger partial charge in [-0.3, -0.25) is 44.8 Å². The molecule has 0 aliphatic carbocycles. The first-order chi connectivity index (χ1) is 30.4. The summed E-state index contributed by atoms with van der Waals surface area (Å²) in [5.74, 6) is 0.115.